The fraction of sp³-hybridized carbons (Fsp3) is 0.133. The second-order valence-corrected chi connectivity index (χ2v) is 4.86. The molecule has 0 fully saturated rings. The molecule has 18 heavy (non-hydrogen) atoms. The van der Waals surface area contributed by atoms with E-state index < -0.39 is 0 Å². The maximum atomic E-state index is 8.71. The van der Waals surface area contributed by atoms with Crippen LogP contribution in [0.25, 0.3) is 0 Å². The zero-order chi connectivity index (χ0) is 12.8. The Morgan fingerprint density at radius 1 is 1.00 bits per heavy atom. The van der Waals surface area contributed by atoms with Gasteiger partial charge in [-0.3, -0.25) is 0 Å². The standard InChI is InChI=1S/C15H13BrN2/c16-15-4-2-1-3-14(15)11-18-10-13-7-5-12(9-17)6-8-13/h1-8,18H,10-11H2. The van der Waals surface area contributed by atoms with Crippen LogP contribution in [0.5, 0.6) is 0 Å². The highest BCUT2D eigenvalue weighted by Crippen LogP contribution is 2.15. The lowest BCUT2D eigenvalue weighted by atomic mass is 10.1. The van der Waals surface area contributed by atoms with Gasteiger partial charge in [0.15, 0.2) is 0 Å². The van der Waals surface area contributed by atoms with Gasteiger partial charge < -0.3 is 5.32 Å². The highest BCUT2D eigenvalue weighted by atomic mass is 79.9. The van der Waals surface area contributed by atoms with Crippen molar-refractivity contribution in [3.8, 4) is 6.07 Å². The fourth-order valence-corrected chi connectivity index (χ4v) is 2.11. The highest BCUT2D eigenvalue weighted by Gasteiger charge is 1.98. The Morgan fingerprint density at radius 3 is 2.39 bits per heavy atom. The molecule has 2 aromatic carbocycles. The Hall–Kier alpha value is -1.63. The van der Waals surface area contributed by atoms with Gasteiger partial charge in [-0.2, -0.15) is 5.26 Å². The van der Waals surface area contributed by atoms with Gasteiger partial charge in [0.05, 0.1) is 11.6 Å². The lowest BCUT2D eigenvalue weighted by Crippen LogP contribution is -2.12. The van der Waals surface area contributed by atoms with Crippen molar-refractivity contribution in [3.63, 3.8) is 0 Å². The number of nitriles is 1. The van der Waals surface area contributed by atoms with Crippen LogP contribution in [0.3, 0.4) is 0 Å². The molecule has 3 heteroatoms. The zero-order valence-corrected chi connectivity index (χ0v) is 11.4. The molecule has 0 aliphatic rings. The first kappa shape index (κ1) is 12.8. The third-order valence-electron chi connectivity index (χ3n) is 2.69. The first-order valence-electron chi connectivity index (χ1n) is 5.73. The largest absolute Gasteiger partial charge is 0.309 e. The van der Waals surface area contributed by atoms with Crippen LogP contribution < -0.4 is 5.32 Å². The number of hydrogen-bond donors (Lipinski definition) is 1. The molecule has 0 heterocycles. The number of halogens is 1. The zero-order valence-electron chi connectivity index (χ0n) is 9.86. The Kier molecular flexibility index (Phi) is 4.52. The summed E-state index contributed by atoms with van der Waals surface area (Å²) in [6, 6.07) is 17.9. The smallest absolute Gasteiger partial charge is 0.0991 e. The van der Waals surface area contributed by atoms with Gasteiger partial charge in [0.1, 0.15) is 0 Å². The van der Waals surface area contributed by atoms with Gasteiger partial charge in [-0.1, -0.05) is 46.3 Å². The molecule has 0 spiro atoms. The summed E-state index contributed by atoms with van der Waals surface area (Å²) in [5.41, 5.74) is 3.12. The van der Waals surface area contributed by atoms with Gasteiger partial charge in [-0.25, -0.2) is 0 Å². The summed E-state index contributed by atoms with van der Waals surface area (Å²) in [6.07, 6.45) is 0. The normalized spacial score (nSPS) is 10.0. The lowest BCUT2D eigenvalue weighted by Gasteiger charge is -2.07. The van der Waals surface area contributed by atoms with Gasteiger partial charge in [0.25, 0.3) is 0 Å². The van der Waals surface area contributed by atoms with Crippen molar-refractivity contribution < 1.29 is 0 Å². The summed E-state index contributed by atoms with van der Waals surface area (Å²) in [5, 5.41) is 12.1. The Labute approximate surface area is 115 Å². The molecule has 0 amide bonds. The van der Waals surface area contributed by atoms with Crippen molar-refractivity contribution >= 4 is 15.9 Å². The average Bonchev–Trinajstić information content (AvgIpc) is 2.42. The van der Waals surface area contributed by atoms with Gasteiger partial charge in [-0.15, -0.1) is 0 Å². The molecule has 2 rings (SSSR count). The van der Waals surface area contributed by atoms with E-state index in [-0.39, 0.29) is 0 Å². The Balaban J connectivity index is 1.89. The average molecular weight is 301 g/mol. The van der Waals surface area contributed by atoms with Gasteiger partial charge in [0, 0.05) is 17.6 Å². The summed E-state index contributed by atoms with van der Waals surface area (Å²) in [5.74, 6) is 0. The number of rotatable bonds is 4. The molecule has 0 saturated carbocycles. The molecular formula is C15H13BrN2. The van der Waals surface area contributed by atoms with Crippen LogP contribution in [0.15, 0.2) is 53.0 Å². The summed E-state index contributed by atoms with van der Waals surface area (Å²) in [6.45, 7) is 1.62. The molecule has 0 atom stereocenters. The van der Waals surface area contributed by atoms with E-state index in [1.54, 1.807) is 0 Å². The molecule has 0 saturated heterocycles. The first-order valence-corrected chi connectivity index (χ1v) is 6.52. The number of nitrogens with zero attached hydrogens (tertiary/aromatic N) is 1. The number of benzene rings is 2. The van der Waals surface area contributed by atoms with E-state index >= 15 is 0 Å². The van der Waals surface area contributed by atoms with Crippen LogP contribution in [0.2, 0.25) is 0 Å². The van der Waals surface area contributed by atoms with Crippen LogP contribution in [0, 0.1) is 11.3 Å². The summed E-state index contributed by atoms with van der Waals surface area (Å²) in [4.78, 5) is 0. The number of hydrogen-bond acceptors (Lipinski definition) is 2. The number of nitrogens with one attached hydrogen (secondary N) is 1. The van der Waals surface area contributed by atoms with Crippen molar-refractivity contribution in [1.82, 2.24) is 5.32 Å². The predicted octanol–water partition coefficient (Wildman–Crippen LogP) is 3.61. The van der Waals surface area contributed by atoms with Crippen LogP contribution >= 0.6 is 15.9 Å². The van der Waals surface area contributed by atoms with Crippen molar-refractivity contribution in [3.05, 3.63) is 69.7 Å². The summed E-state index contributed by atoms with van der Waals surface area (Å²) >= 11 is 3.53. The van der Waals surface area contributed by atoms with E-state index in [1.165, 1.54) is 11.1 Å². The van der Waals surface area contributed by atoms with Crippen LogP contribution in [-0.4, -0.2) is 0 Å². The predicted molar refractivity (Wildman–Crippen MR) is 75.8 cm³/mol. The van der Waals surface area contributed by atoms with Crippen LogP contribution in [-0.2, 0) is 13.1 Å². The molecule has 90 valence electrons. The molecule has 1 N–H and O–H groups in total. The third-order valence-corrected chi connectivity index (χ3v) is 3.46. The quantitative estimate of drug-likeness (QED) is 0.936. The Bertz CT molecular complexity index is 555. The van der Waals surface area contributed by atoms with E-state index in [1.807, 2.05) is 42.5 Å². The van der Waals surface area contributed by atoms with Crippen molar-refractivity contribution in [2.45, 2.75) is 13.1 Å². The lowest BCUT2D eigenvalue weighted by molar-refractivity contribution is 0.691. The second kappa shape index (κ2) is 6.34. The van der Waals surface area contributed by atoms with E-state index in [9.17, 15) is 0 Å². The van der Waals surface area contributed by atoms with E-state index in [0.717, 1.165) is 17.6 Å². The minimum Gasteiger partial charge on any atom is -0.309 e. The summed E-state index contributed by atoms with van der Waals surface area (Å²) < 4.78 is 1.12. The molecule has 0 bridgehead atoms. The highest BCUT2D eigenvalue weighted by molar-refractivity contribution is 9.10. The second-order valence-electron chi connectivity index (χ2n) is 4.00. The van der Waals surface area contributed by atoms with E-state index in [2.05, 4.69) is 33.4 Å². The fourth-order valence-electron chi connectivity index (χ4n) is 1.68. The minimum absolute atomic E-state index is 0.699. The summed E-state index contributed by atoms with van der Waals surface area (Å²) in [7, 11) is 0. The van der Waals surface area contributed by atoms with Gasteiger partial charge >= 0.3 is 0 Å². The molecule has 2 aromatic rings. The van der Waals surface area contributed by atoms with Crippen LogP contribution in [0.1, 0.15) is 16.7 Å². The molecular weight excluding hydrogens is 288 g/mol. The maximum Gasteiger partial charge on any atom is 0.0991 e. The molecule has 0 aliphatic carbocycles. The Morgan fingerprint density at radius 2 is 1.72 bits per heavy atom. The monoisotopic (exact) mass is 300 g/mol. The van der Waals surface area contributed by atoms with Gasteiger partial charge in [-0.05, 0) is 29.3 Å². The van der Waals surface area contributed by atoms with Crippen molar-refractivity contribution in [2.24, 2.45) is 0 Å². The molecule has 0 unspecified atom stereocenters. The van der Waals surface area contributed by atoms with E-state index in [0.29, 0.717) is 5.56 Å². The van der Waals surface area contributed by atoms with E-state index in [4.69, 9.17) is 5.26 Å². The van der Waals surface area contributed by atoms with Crippen molar-refractivity contribution in [2.75, 3.05) is 0 Å². The third kappa shape index (κ3) is 3.43. The first-order chi connectivity index (χ1) is 8.79. The maximum absolute atomic E-state index is 8.71. The topological polar surface area (TPSA) is 35.8 Å². The van der Waals surface area contributed by atoms with Gasteiger partial charge in [0.2, 0.25) is 0 Å². The molecule has 2 nitrogen and oxygen atoms in total. The molecule has 0 radical (unpaired) electrons. The minimum atomic E-state index is 0.699. The molecule has 0 aromatic heterocycles. The SMILES string of the molecule is N#Cc1ccc(CNCc2ccccc2Br)cc1. The van der Waals surface area contributed by atoms with Crippen LogP contribution in [0.4, 0.5) is 0 Å². The van der Waals surface area contributed by atoms with Crippen molar-refractivity contribution in [1.29, 1.82) is 5.26 Å². The molecule has 0 aliphatic heterocycles.